The molecular weight excluding hydrogens is 215 g/mol. The van der Waals surface area contributed by atoms with Crippen LogP contribution in [-0.2, 0) is 4.79 Å². The molecular formula is C15H17FO. The highest BCUT2D eigenvalue weighted by atomic mass is 19.1. The fourth-order valence-corrected chi connectivity index (χ4v) is 1.36. The topological polar surface area (TPSA) is 17.1 Å². The maximum absolute atomic E-state index is 13.3. The van der Waals surface area contributed by atoms with Crippen molar-refractivity contribution in [3.63, 3.8) is 0 Å². The summed E-state index contributed by atoms with van der Waals surface area (Å²) in [5, 5.41) is 0. The Kier molecular flexibility index (Phi) is 5.94. The van der Waals surface area contributed by atoms with Crippen molar-refractivity contribution in [3.8, 4) is 0 Å². The van der Waals surface area contributed by atoms with Crippen LogP contribution in [0.1, 0.15) is 31.7 Å². The second-order valence-corrected chi connectivity index (χ2v) is 3.81. The number of halogens is 1. The van der Waals surface area contributed by atoms with Crippen molar-refractivity contribution in [1.82, 2.24) is 0 Å². The highest BCUT2D eigenvalue weighted by molar-refractivity contribution is 5.93. The number of carbonyl (C=O) groups excluding carboxylic acids is 1. The van der Waals surface area contributed by atoms with Crippen LogP contribution in [0.4, 0.5) is 4.39 Å². The number of Topliss-reactive ketones (excluding diaryl/α,β-unsaturated/α-hetero) is 1. The third kappa shape index (κ3) is 5.25. The molecule has 0 saturated heterocycles. The van der Waals surface area contributed by atoms with E-state index in [9.17, 15) is 9.18 Å². The van der Waals surface area contributed by atoms with Gasteiger partial charge in [-0.2, -0.15) is 0 Å². The van der Waals surface area contributed by atoms with Gasteiger partial charge in [0.15, 0.2) is 11.6 Å². The van der Waals surface area contributed by atoms with E-state index in [1.54, 1.807) is 12.2 Å². The van der Waals surface area contributed by atoms with Crippen LogP contribution in [0.25, 0.3) is 6.08 Å². The van der Waals surface area contributed by atoms with Crippen LogP contribution in [0.5, 0.6) is 0 Å². The molecule has 0 aliphatic heterocycles. The first-order valence-electron chi connectivity index (χ1n) is 5.86. The molecule has 0 amide bonds. The van der Waals surface area contributed by atoms with E-state index in [0.29, 0.717) is 0 Å². The largest absolute Gasteiger partial charge is 0.292 e. The molecule has 0 bridgehead atoms. The Hall–Kier alpha value is -1.70. The minimum Gasteiger partial charge on any atom is -0.292 e. The van der Waals surface area contributed by atoms with Gasteiger partial charge in [0.2, 0.25) is 0 Å². The van der Waals surface area contributed by atoms with Crippen LogP contribution >= 0.6 is 0 Å². The molecule has 0 N–H and O–H groups in total. The molecule has 0 aliphatic rings. The fourth-order valence-electron chi connectivity index (χ4n) is 1.36. The average molecular weight is 232 g/mol. The van der Waals surface area contributed by atoms with E-state index in [1.807, 2.05) is 37.3 Å². The van der Waals surface area contributed by atoms with Crippen molar-refractivity contribution in [2.24, 2.45) is 0 Å². The monoisotopic (exact) mass is 232 g/mol. The van der Waals surface area contributed by atoms with E-state index in [4.69, 9.17) is 0 Å². The maximum Gasteiger partial charge on any atom is 0.191 e. The van der Waals surface area contributed by atoms with Gasteiger partial charge < -0.3 is 0 Å². The lowest BCUT2D eigenvalue weighted by Crippen LogP contribution is -1.97. The van der Waals surface area contributed by atoms with Crippen LogP contribution in [0.3, 0.4) is 0 Å². The summed E-state index contributed by atoms with van der Waals surface area (Å²) in [6.07, 6.45) is 6.49. The molecule has 90 valence electrons. The standard InChI is InChI=1S/C15H17FO/c1-2-3-12-15(17)14(16)11-7-10-13-8-5-4-6-9-13/h4-11H,2-3,12H2,1H3/b10-7+,14-11-. The number of ketones is 1. The lowest BCUT2D eigenvalue weighted by atomic mass is 10.1. The predicted octanol–water partition coefficient (Wildman–Crippen LogP) is 4.31. The molecule has 1 nitrogen and oxygen atoms in total. The van der Waals surface area contributed by atoms with Crippen LogP contribution in [-0.4, -0.2) is 5.78 Å². The Bertz CT molecular complexity index is 404. The first-order chi connectivity index (χ1) is 8.24. The molecule has 0 saturated carbocycles. The van der Waals surface area contributed by atoms with E-state index in [-0.39, 0.29) is 6.42 Å². The summed E-state index contributed by atoms with van der Waals surface area (Å²) in [5.74, 6) is -1.07. The van der Waals surface area contributed by atoms with Gasteiger partial charge in [0, 0.05) is 6.42 Å². The van der Waals surface area contributed by atoms with E-state index < -0.39 is 11.6 Å². The number of hydrogen-bond acceptors (Lipinski definition) is 1. The molecule has 0 fully saturated rings. The van der Waals surface area contributed by atoms with E-state index >= 15 is 0 Å². The fraction of sp³-hybridized carbons (Fsp3) is 0.267. The van der Waals surface area contributed by atoms with Crippen LogP contribution in [0, 0.1) is 0 Å². The van der Waals surface area contributed by atoms with Crippen molar-refractivity contribution >= 4 is 11.9 Å². The Labute approximate surface area is 102 Å². The van der Waals surface area contributed by atoms with Crippen molar-refractivity contribution in [2.75, 3.05) is 0 Å². The minimum atomic E-state index is -0.661. The van der Waals surface area contributed by atoms with Crippen molar-refractivity contribution in [1.29, 1.82) is 0 Å². The van der Waals surface area contributed by atoms with Gasteiger partial charge in [0.05, 0.1) is 0 Å². The minimum absolute atomic E-state index is 0.290. The Balaban J connectivity index is 2.53. The summed E-state index contributed by atoms with van der Waals surface area (Å²) in [4.78, 5) is 11.3. The van der Waals surface area contributed by atoms with Gasteiger partial charge in [-0.05, 0) is 18.1 Å². The number of allylic oxidation sites excluding steroid dienone is 3. The van der Waals surface area contributed by atoms with Crippen molar-refractivity contribution in [2.45, 2.75) is 26.2 Å². The van der Waals surface area contributed by atoms with E-state index in [1.165, 1.54) is 6.08 Å². The first kappa shape index (κ1) is 13.4. The quantitative estimate of drug-likeness (QED) is 0.527. The zero-order valence-electron chi connectivity index (χ0n) is 10.0. The number of carbonyl (C=O) groups is 1. The number of unbranched alkanes of at least 4 members (excludes halogenated alkanes) is 1. The van der Waals surface area contributed by atoms with E-state index in [2.05, 4.69) is 0 Å². The predicted molar refractivity (Wildman–Crippen MR) is 69.2 cm³/mol. The second-order valence-electron chi connectivity index (χ2n) is 3.81. The molecule has 0 aliphatic carbocycles. The highest BCUT2D eigenvalue weighted by Gasteiger charge is 2.05. The normalized spacial score (nSPS) is 12.0. The lowest BCUT2D eigenvalue weighted by Gasteiger charge is -1.94. The zero-order valence-corrected chi connectivity index (χ0v) is 10.0. The van der Waals surface area contributed by atoms with E-state index in [0.717, 1.165) is 18.4 Å². The molecule has 0 heterocycles. The molecule has 1 aromatic rings. The third-order valence-electron chi connectivity index (χ3n) is 2.35. The van der Waals surface area contributed by atoms with Gasteiger partial charge in [-0.25, -0.2) is 4.39 Å². The SMILES string of the molecule is CCCCC(=O)/C(F)=C/C=C/c1ccccc1. The van der Waals surface area contributed by atoms with Gasteiger partial charge in [0.25, 0.3) is 0 Å². The smallest absolute Gasteiger partial charge is 0.191 e. The van der Waals surface area contributed by atoms with Crippen LogP contribution < -0.4 is 0 Å². The van der Waals surface area contributed by atoms with Gasteiger partial charge in [-0.15, -0.1) is 0 Å². The molecule has 0 atom stereocenters. The molecule has 1 rings (SSSR count). The first-order valence-corrected chi connectivity index (χ1v) is 5.86. The maximum atomic E-state index is 13.3. The summed E-state index contributed by atoms with van der Waals surface area (Å²) >= 11 is 0. The van der Waals surface area contributed by atoms with Crippen LogP contribution in [0.15, 0.2) is 48.3 Å². The summed E-state index contributed by atoms with van der Waals surface area (Å²) < 4.78 is 13.3. The Morgan fingerprint density at radius 3 is 2.65 bits per heavy atom. The molecule has 17 heavy (non-hydrogen) atoms. The second kappa shape index (κ2) is 7.55. The average Bonchev–Trinajstić information content (AvgIpc) is 2.37. The summed E-state index contributed by atoms with van der Waals surface area (Å²) in [6, 6.07) is 9.57. The van der Waals surface area contributed by atoms with Crippen molar-refractivity contribution in [3.05, 3.63) is 53.9 Å². The molecule has 0 radical (unpaired) electrons. The molecule has 2 heteroatoms. The summed E-state index contributed by atoms with van der Waals surface area (Å²) in [5.41, 5.74) is 0.984. The Morgan fingerprint density at radius 1 is 1.29 bits per heavy atom. The zero-order chi connectivity index (χ0) is 12.5. The number of rotatable bonds is 6. The summed E-state index contributed by atoms with van der Waals surface area (Å²) in [7, 11) is 0. The lowest BCUT2D eigenvalue weighted by molar-refractivity contribution is -0.117. The Morgan fingerprint density at radius 2 is 2.00 bits per heavy atom. The summed E-state index contributed by atoms with van der Waals surface area (Å²) in [6.45, 7) is 1.98. The third-order valence-corrected chi connectivity index (χ3v) is 2.35. The van der Waals surface area contributed by atoms with Crippen LogP contribution in [0.2, 0.25) is 0 Å². The van der Waals surface area contributed by atoms with Gasteiger partial charge in [-0.1, -0.05) is 55.8 Å². The molecule has 0 aromatic heterocycles. The number of hydrogen-bond donors (Lipinski definition) is 0. The van der Waals surface area contributed by atoms with Gasteiger partial charge >= 0.3 is 0 Å². The molecule has 0 spiro atoms. The molecule has 0 unspecified atom stereocenters. The van der Waals surface area contributed by atoms with Gasteiger partial charge in [-0.3, -0.25) is 4.79 Å². The number of benzene rings is 1. The highest BCUT2D eigenvalue weighted by Crippen LogP contribution is 2.07. The van der Waals surface area contributed by atoms with Crippen molar-refractivity contribution < 1.29 is 9.18 Å². The van der Waals surface area contributed by atoms with Gasteiger partial charge in [0.1, 0.15) is 0 Å². The molecule has 1 aromatic carbocycles.